The van der Waals surface area contributed by atoms with Crippen LogP contribution in [0.5, 0.6) is 0 Å². The number of hydrogen-bond acceptors (Lipinski definition) is 3. The summed E-state index contributed by atoms with van der Waals surface area (Å²) in [5.74, 6) is 0. The van der Waals surface area contributed by atoms with Crippen molar-refractivity contribution in [3.05, 3.63) is 41.7 Å². The lowest BCUT2D eigenvalue weighted by Crippen LogP contribution is -2.17. The third-order valence-electron chi connectivity index (χ3n) is 3.73. The van der Waals surface area contributed by atoms with E-state index >= 15 is 0 Å². The SMILES string of the molecule is Cc1[nH]ncc1CNc1cccc(N2CCCC2)c1. The number of nitrogens with one attached hydrogen (secondary N) is 2. The standard InChI is InChI=1S/C15H20N4/c1-12-13(11-17-18-12)10-16-14-5-4-6-15(9-14)19-7-2-3-8-19/h4-6,9,11,16H,2-3,7-8,10H2,1H3,(H,17,18). The van der Waals surface area contributed by atoms with Crippen molar-refractivity contribution in [3.63, 3.8) is 0 Å². The second-order valence-electron chi connectivity index (χ2n) is 5.12. The molecule has 1 aliphatic rings. The van der Waals surface area contributed by atoms with Gasteiger partial charge in [-0.3, -0.25) is 5.10 Å². The average molecular weight is 256 g/mol. The fraction of sp³-hybridized carbons (Fsp3) is 0.400. The molecule has 0 amide bonds. The molecule has 19 heavy (non-hydrogen) atoms. The maximum atomic E-state index is 4.04. The Morgan fingerprint density at radius 1 is 1.32 bits per heavy atom. The first-order valence-corrected chi connectivity index (χ1v) is 6.91. The topological polar surface area (TPSA) is 44.0 Å². The van der Waals surface area contributed by atoms with Gasteiger partial charge >= 0.3 is 0 Å². The van der Waals surface area contributed by atoms with E-state index in [9.17, 15) is 0 Å². The molecule has 0 saturated carbocycles. The zero-order chi connectivity index (χ0) is 13.1. The molecule has 3 rings (SSSR count). The minimum absolute atomic E-state index is 0.811. The van der Waals surface area contributed by atoms with Crippen molar-refractivity contribution in [1.29, 1.82) is 0 Å². The molecule has 0 unspecified atom stereocenters. The quantitative estimate of drug-likeness (QED) is 0.884. The molecule has 1 fully saturated rings. The predicted octanol–water partition coefficient (Wildman–Crippen LogP) is 2.93. The van der Waals surface area contributed by atoms with Crippen LogP contribution in [-0.4, -0.2) is 23.3 Å². The van der Waals surface area contributed by atoms with Gasteiger partial charge in [-0.25, -0.2) is 0 Å². The van der Waals surface area contributed by atoms with Crippen LogP contribution in [0.1, 0.15) is 24.1 Å². The Morgan fingerprint density at radius 3 is 2.89 bits per heavy atom. The number of aryl methyl sites for hydroxylation is 1. The molecule has 1 aromatic heterocycles. The van der Waals surface area contributed by atoms with Gasteiger partial charge in [-0.05, 0) is 38.0 Å². The molecule has 4 heteroatoms. The van der Waals surface area contributed by atoms with Gasteiger partial charge in [-0.1, -0.05) is 6.07 Å². The third-order valence-corrected chi connectivity index (χ3v) is 3.73. The first-order chi connectivity index (χ1) is 9.33. The van der Waals surface area contributed by atoms with Gasteiger partial charge in [-0.15, -0.1) is 0 Å². The summed E-state index contributed by atoms with van der Waals surface area (Å²) in [6, 6.07) is 8.67. The number of H-pyrrole nitrogens is 1. The lowest BCUT2D eigenvalue weighted by atomic mass is 10.2. The Kier molecular flexibility index (Phi) is 3.40. The molecular weight excluding hydrogens is 236 g/mol. The van der Waals surface area contributed by atoms with Gasteiger partial charge in [0.25, 0.3) is 0 Å². The summed E-state index contributed by atoms with van der Waals surface area (Å²) in [5, 5.41) is 10.5. The molecule has 1 aromatic carbocycles. The molecule has 1 saturated heterocycles. The van der Waals surface area contributed by atoms with Gasteiger partial charge in [0.1, 0.15) is 0 Å². The lowest BCUT2D eigenvalue weighted by Gasteiger charge is -2.18. The number of rotatable bonds is 4. The number of aromatic amines is 1. The van der Waals surface area contributed by atoms with E-state index in [1.54, 1.807) is 0 Å². The lowest BCUT2D eigenvalue weighted by molar-refractivity contribution is 0.949. The number of benzene rings is 1. The summed E-state index contributed by atoms with van der Waals surface area (Å²) in [4.78, 5) is 2.45. The molecule has 2 heterocycles. The molecule has 2 N–H and O–H groups in total. The van der Waals surface area contributed by atoms with Gasteiger partial charge in [0.05, 0.1) is 6.20 Å². The van der Waals surface area contributed by atoms with Crippen LogP contribution in [0, 0.1) is 6.92 Å². The summed E-state index contributed by atoms with van der Waals surface area (Å²) in [7, 11) is 0. The molecule has 2 aromatic rings. The molecule has 0 radical (unpaired) electrons. The van der Waals surface area contributed by atoms with E-state index in [1.807, 2.05) is 13.1 Å². The van der Waals surface area contributed by atoms with Crippen molar-refractivity contribution in [2.24, 2.45) is 0 Å². The first kappa shape index (κ1) is 12.1. The fourth-order valence-electron chi connectivity index (χ4n) is 2.54. The number of anilines is 2. The Labute approximate surface area is 113 Å². The van der Waals surface area contributed by atoms with Crippen LogP contribution in [-0.2, 0) is 6.54 Å². The van der Waals surface area contributed by atoms with Crippen LogP contribution in [0.25, 0.3) is 0 Å². The fourth-order valence-corrected chi connectivity index (χ4v) is 2.54. The van der Waals surface area contributed by atoms with E-state index in [-0.39, 0.29) is 0 Å². The maximum absolute atomic E-state index is 4.04. The molecule has 100 valence electrons. The monoisotopic (exact) mass is 256 g/mol. The summed E-state index contributed by atoms with van der Waals surface area (Å²) in [5.41, 5.74) is 4.84. The van der Waals surface area contributed by atoms with E-state index in [2.05, 4.69) is 44.7 Å². The maximum Gasteiger partial charge on any atom is 0.0539 e. The summed E-state index contributed by atoms with van der Waals surface area (Å²) in [6.07, 6.45) is 4.50. The average Bonchev–Trinajstić information content (AvgIpc) is 3.08. The number of hydrogen-bond donors (Lipinski definition) is 2. The zero-order valence-electron chi connectivity index (χ0n) is 11.3. The van der Waals surface area contributed by atoms with Crippen molar-refractivity contribution in [2.75, 3.05) is 23.3 Å². The van der Waals surface area contributed by atoms with Gasteiger partial charge in [-0.2, -0.15) is 5.10 Å². The molecule has 0 aliphatic carbocycles. The van der Waals surface area contributed by atoms with E-state index in [4.69, 9.17) is 0 Å². The molecule has 0 bridgehead atoms. The van der Waals surface area contributed by atoms with Crippen molar-refractivity contribution in [3.8, 4) is 0 Å². The molecular formula is C15H20N4. The highest BCUT2D eigenvalue weighted by Crippen LogP contribution is 2.23. The van der Waals surface area contributed by atoms with Gasteiger partial charge < -0.3 is 10.2 Å². The summed E-state index contributed by atoms with van der Waals surface area (Å²) < 4.78 is 0. The molecule has 0 spiro atoms. The molecule has 1 aliphatic heterocycles. The highest BCUT2D eigenvalue weighted by Gasteiger charge is 2.12. The van der Waals surface area contributed by atoms with Gasteiger partial charge in [0.2, 0.25) is 0 Å². The van der Waals surface area contributed by atoms with E-state index in [0.717, 1.165) is 12.2 Å². The Bertz CT molecular complexity index is 541. The third kappa shape index (κ3) is 2.72. The largest absolute Gasteiger partial charge is 0.381 e. The van der Waals surface area contributed by atoms with Crippen molar-refractivity contribution >= 4 is 11.4 Å². The van der Waals surface area contributed by atoms with Gasteiger partial charge in [0.15, 0.2) is 0 Å². The number of aromatic nitrogens is 2. The van der Waals surface area contributed by atoms with Gasteiger partial charge in [0, 0.05) is 42.3 Å². The van der Waals surface area contributed by atoms with E-state index in [0.29, 0.717) is 0 Å². The Hall–Kier alpha value is -1.97. The molecule has 4 nitrogen and oxygen atoms in total. The van der Waals surface area contributed by atoms with E-state index in [1.165, 1.54) is 42.9 Å². The van der Waals surface area contributed by atoms with Crippen LogP contribution in [0.3, 0.4) is 0 Å². The minimum atomic E-state index is 0.811. The second-order valence-corrected chi connectivity index (χ2v) is 5.12. The first-order valence-electron chi connectivity index (χ1n) is 6.91. The highest BCUT2D eigenvalue weighted by atomic mass is 15.1. The predicted molar refractivity (Wildman–Crippen MR) is 78.5 cm³/mol. The van der Waals surface area contributed by atoms with Crippen LogP contribution < -0.4 is 10.2 Å². The normalized spacial score (nSPS) is 14.9. The van der Waals surface area contributed by atoms with Crippen LogP contribution in [0.15, 0.2) is 30.5 Å². The van der Waals surface area contributed by atoms with Crippen LogP contribution in [0.2, 0.25) is 0 Å². The smallest absolute Gasteiger partial charge is 0.0539 e. The zero-order valence-corrected chi connectivity index (χ0v) is 11.3. The molecule has 0 atom stereocenters. The highest BCUT2D eigenvalue weighted by molar-refractivity contribution is 5.58. The Balaban J connectivity index is 1.67. The Morgan fingerprint density at radius 2 is 2.16 bits per heavy atom. The van der Waals surface area contributed by atoms with Crippen LogP contribution in [0.4, 0.5) is 11.4 Å². The second kappa shape index (κ2) is 5.34. The van der Waals surface area contributed by atoms with Crippen molar-refractivity contribution in [2.45, 2.75) is 26.3 Å². The number of nitrogens with zero attached hydrogens (tertiary/aromatic N) is 2. The van der Waals surface area contributed by atoms with Crippen molar-refractivity contribution < 1.29 is 0 Å². The minimum Gasteiger partial charge on any atom is -0.381 e. The summed E-state index contributed by atoms with van der Waals surface area (Å²) in [6.45, 7) is 5.23. The van der Waals surface area contributed by atoms with E-state index < -0.39 is 0 Å². The summed E-state index contributed by atoms with van der Waals surface area (Å²) >= 11 is 0. The van der Waals surface area contributed by atoms with Crippen molar-refractivity contribution in [1.82, 2.24) is 10.2 Å². The van der Waals surface area contributed by atoms with Crippen LogP contribution >= 0.6 is 0 Å².